The van der Waals surface area contributed by atoms with Crippen LogP contribution in [0.25, 0.3) is 64.7 Å². The Bertz CT molecular complexity index is 4190. The average Bonchev–Trinajstić information content (AvgIpc) is 3.15. The molecular formula is C75H60N2S. The fraction of sp³-hybridized carbons (Fsp3) is 0.120. The van der Waals surface area contributed by atoms with E-state index in [4.69, 9.17) is 0 Å². The number of nitrogens with zero attached hydrogens (tertiary/aromatic N) is 2. The van der Waals surface area contributed by atoms with Gasteiger partial charge in [0, 0.05) is 43.9 Å². The van der Waals surface area contributed by atoms with E-state index >= 15 is 0 Å². The second-order valence-electron chi connectivity index (χ2n) is 23.3. The molecule has 0 saturated carbocycles. The third kappa shape index (κ3) is 7.58. The third-order valence-electron chi connectivity index (χ3n) is 16.6. The number of hydrogen-bond donors (Lipinski definition) is 0. The second-order valence-corrected chi connectivity index (χ2v) is 24.3. The molecular weight excluding hydrogens is 961 g/mol. The number of benzene rings is 11. The minimum atomic E-state index is -0.655. The molecule has 376 valence electrons. The van der Waals surface area contributed by atoms with Gasteiger partial charge in [-0.1, -0.05) is 224 Å². The largest absolute Gasteiger partial charge is 0.310 e. The summed E-state index contributed by atoms with van der Waals surface area (Å²) in [6.45, 7) is 13.8. The zero-order chi connectivity index (χ0) is 52.9. The topological polar surface area (TPSA) is 6.48 Å². The monoisotopic (exact) mass is 1020 g/mol. The predicted octanol–water partition coefficient (Wildman–Crippen LogP) is 21.3. The first-order chi connectivity index (χ1) is 37.9. The van der Waals surface area contributed by atoms with Crippen LogP contribution in [0.5, 0.6) is 0 Å². The molecule has 2 nitrogen and oxygen atoms in total. The molecule has 3 heteroatoms. The number of anilines is 6. The zero-order valence-corrected chi connectivity index (χ0v) is 45.9. The lowest BCUT2D eigenvalue weighted by atomic mass is 9.70. The first-order valence-electron chi connectivity index (χ1n) is 27.4. The van der Waals surface area contributed by atoms with Crippen molar-refractivity contribution in [2.75, 3.05) is 9.80 Å². The van der Waals surface area contributed by atoms with Gasteiger partial charge in [0.2, 0.25) is 0 Å². The number of hydrogen-bond acceptors (Lipinski definition) is 3. The zero-order valence-electron chi connectivity index (χ0n) is 45.1. The minimum absolute atomic E-state index is 0.00431. The molecule has 1 spiro atoms. The summed E-state index contributed by atoms with van der Waals surface area (Å²) in [6.07, 6.45) is 0. The van der Waals surface area contributed by atoms with Gasteiger partial charge in [0.1, 0.15) is 0 Å². The molecule has 12 aromatic rings. The quantitative estimate of drug-likeness (QED) is 0.150. The van der Waals surface area contributed by atoms with Crippen molar-refractivity contribution in [2.24, 2.45) is 0 Å². The van der Waals surface area contributed by atoms with Crippen LogP contribution in [0.3, 0.4) is 0 Å². The molecule has 1 heterocycles. The Morgan fingerprint density at radius 3 is 1.27 bits per heavy atom. The molecule has 0 aliphatic heterocycles. The molecule has 0 atom stereocenters. The Morgan fingerprint density at radius 1 is 0.333 bits per heavy atom. The summed E-state index contributed by atoms with van der Waals surface area (Å²) >= 11 is 1.91. The van der Waals surface area contributed by atoms with E-state index in [9.17, 15) is 0 Å². The third-order valence-corrected chi connectivity index (χ3v) is 17.8. The van der Waals surface area contributed by atoms with Gasteiger partial charge in [-0.15, -0.1) is 11.3 Å². The van der Waals surface area contributed by atoms with E-state index in [1.54, 1.807) is 0 Å². The van der Waals surface area contributed by atoms with Crippen molar-refractivity contribution in [3.05, 3.63) is 288 Å². The summed E-state index contributed by atoms with van der Waals surface area (Å²) in [5.74, 6) is 0. The number of fused-ring (bicyclic) bond motifs is 14. The van der Waals surface area contributed by atoms with Crippen LogP contribution in [0.4, 0.5) is 34.1 Å². The van der Waals surface area contributed by atoms with Gasteiger partial charge >= 0.3 is 0 Å². The smallest absolute Gasteiger partial charge is 0.0727 e. The van der Waals surface area contributed by atoms with Crippen molar-refractivity contribution in [1.82, 2.24) is 0 Å². The Kier molecular flexibility index (Phi) is 11.1. The van der Waals surface area contributed by atoms with Crippen LogP contribution in [-0.2, 0) is 16.2 Å². The molecule has 0 amide bonds. The van der Waals surface area contributed by atoms with Crippen molar-refractivity contribution in [2.45, 2.75) is 57.8 Å². The van der Waals surface area contributed by atoms with Gasteiger partial charge in [-0.25, -0.2) is 0 Å². The van der Waals surface area contributed by atoms with Crippen LogP contribution >= 0.6 is 11.3 Å². The molecule has 2 aliphatic carbocycles. The Morgan fingerprint density at radius 2 is 0.756 bits per heavy atom. The van der Waals surface area contributed by atoms with Crippen molar-refractivity contribution < 1.29 is 0 Å². The van der Waals surface area contributed by atoms with E-state index in [-0.39, 0.29) is 10.8 Å². The average molecular weight is 1020 g/mol. The molecule has 0 N–H and O–H groups in total. The molecule has 14 rings (SSSR count). The van der Waals surface area contributed by atoms with Crippen LogP contribution in [0.15, 0.2) is 255 Å². The van der Waals surface area contributed by atoms with Gasteiger partial charge in [-0.05, 0) is 162 Å². The lowest BCUT2D eigenvalue weighted by Crippen LogP contribution is -2.26. The molecule has 0 radical (unpaired) electrons. The number of thiophene rings is 1. The Labute approximate surface area is 463 Å². The first-order valence-corrected chi connectivity index (χ1v) is 28.2. The predicted molar refractivity (Wildman–Crippen MR) is 333 cm³/mol. The second kappa shape index (κ2) is 18.2. The van der Waals surface area contributed by atoms with E-state index in [2.05, 4.69) is 306 Å². The molecule has 0 bridgehead atoms. The fourth-order valence-corrected chi connectivity index (χ4v) is 14.0. The van der Waals surface area contributed by atoms with Crippen molar-refractivity contribution >= 4 is 65.6 Å². The number of rotatable bonds is 8. The van der Waals surface area contributed by atoms with E-state index < -0.39 is 5.41 Å². The normalized spacial score (nSPS) is 13.1. The maximum Gasteiger partial charge on any atom is 0.0727 e. The van der Waals surface area contributed by atoms with Gasteiger partial charge < -0.3 is 9.80 Å². The lowest BCUT2D eigenvalue weighted by molar-refractivity contribution is 0.590. The highest BCUT2D eigenvalue weighted by molar-refractivity contribution is 7.26. The highest BCUT2D eigenvalue weighted by Gasteiger charge is 2.53. The standard InChI is InChI=1S/C75H60N2S/c1-73(2,3)53-33-41-56(42-34-53)76(55-37-29-51(30-38-55)49-19-9-7-10-20-49)59-45-46-62-66(47-59)75(64-26-16-13-23-60(64)61-24-14-17-27-65(61)75)67-48-68(72-71(70(62)67)63-25-15-18-28-69(63)78-72)77(58-43-35-54(36-44-58)74(4,5)6)57-39-31-52(32-40-57)50-21-11-8-12-22-50/h7-48H,1-6H3. The van der Waals surface area contributed by atoms with Crippen LogP contribution in [0, 0.1) is 0 Å². The van der Waals surface area contributed by atoms with E-state index in [1.807, 2.05) is 11.3 Å². The summed E-state index contributed by atoms with van der Waals surface area (Å²) < 4.78 is 2.55. The highest BCUT2D eigenvalue weighted by Crippen LogP contribution is 2.66. The van der Waals surface area contributed by atoms with Crippen molar-refractivity contribution in [3.8, 4) is 44.5 Å². The van der Waals surface area contributed by atoms with E-state index in [1.165, 1.54) is 104 Å². The molecule has 11 aromatic carbocycles. The van der Waals surface area contributed by atoms with Gasteiger partial charge in [0.05, 0.1) is 15.8 Å². The van der Waals surface area contributed by atoms with Crippen molar-refractivity contribution in [1.29, 1.82) is 0 Å². The van der Waals surface area contributed by atoms with E-state index in [0.29, 0.717) is 0 Å². The van der Waals surface area contributed by atoms with Crippen LogP contribution < -0.4 is 9.80 Å². The molecule has 1 aromatic heterocycles. The summed E-state index contributed by atoms with van der Waals surface area (Å²) in [5, 5.41) is 2.59. The van der Waals surface area contributed by atoms with Gasteiger partial charge in [-0.3, -0.25) is 0 Å². The van der Waals surface area contributed by atoms with Gasteiger partial charge in [-0.2, -0.15) is 0 Å². The molecule has 0 fully saturated rings. The minimum Gasteiger partial charge on any atom is -0.310 e. The van der Waals surface area contributed by atoms with Crippen molar-refractivity contribution in [3.63, 3.8) is 0 Å². The first kappa shape index (κ1) is 47.7. The molecule has 0 unspecified atom stereocenters. The highest BCUT2D eigenvalue weighted by atomic mass is 32.1. The van der Waals surface area contributed by atoms with E-state index in [0.717, 1.165) is 28.4 Å². The van der Waals surface area contributed by atoms with Crippen LogP contribution in [-0.4, -0.2) is 0 Å². The fourth-order valence-electron chi connectivity index (χ4n) is 12.7. The summed E-state index contributed by atoms with van der Waals surface area (Å²) in [5.41, 5.74) is 23.9. The van der Waals surface area contributed by atoms with Crippen LogP contribution in [0.2, 0.25) is 0 Å². The Balaban J connectivity index is 1.06. The Hall–Kier alpha value is -8.76. The molecule has 2 aliphatic rings. The lowest BCUT2D eigenvalue weighted by Gasteiger charge is -2.33. The van der Waals surface area contributed by atoms with Gasteiger partial charge in [0.15, 0.2) is 0 Å². The van der Waals surface area contributed by atoms with Crippen LogP contribution in [0.1, 0.15) is 74.9 Å². The maximum absolute atomic E-state index is 2.60. The summed E-state index contributed by atoms with van der Waals surface area (Å²) in [7, 11) is 0. The molecule has 0 saturated heterocycles. The van der Waals surface area contributed by atoms with Gasteiger partial charge in [0.25, 0.3) is 0 Å². The maximum atomic E-state index is 2.60. The summed E-state index contributed by atoms with van der Waals surface area (Å²) in [4.78, 5) is 5.00. The SMILES string of the molecule is CC(C)(C)c1ccc(N(c2ccc(-c3ccccc3)cc2)c2ccc3c(c2)C2(c4ccccc4-c4ccccc42)c2cc(N(c4ccc(-c5ccccc5)cc4)c4ccc(C(C)(C)C)cc4)c4sc5ccccc5c4c2-3)cc1. The summed E-state index contributed by atoms with van der Waals surface area (Å²) in [6, 6.07) is 95.8. The molecule has 78 heavy (non-hydrogen) atoms.